The Morgan fingerprint density at radius 1 is 1.18 bits per heavy atom. The predicted octanol–water partition coefficient (Wildman–Crippen LogP) is 1.68. The molecule has 17 heavy (non-hydrogen) atoms. The molecular weight excluding hydrogens is 234 g/mol. The molecule has 3 nitrogen and oxygen atoms in total. The van der Waals surface area contributed by atoms with Crippen LogP contribution >= 0.6 is 0 Å². The van der Waals surface area contributed by atoms with Crippen molar-refractivity contribution in [1.82, 2.24) is 0 Å². The summed E-state index contributed by atoms with van der Waals surface area (Å²) in [6.45, 7) is 3.41. The van der Waals surface area contributed by atoms with Crippen molar-refractivity contribution >= 4 is 9.84 Å². The Morgan fingerprint density at radius 2 is 1.82 bits per heavy atom. The minimum absolute atomic E-state index is 0.353. The fourth-order valence-electron chi connectivity index (χ4n) is 2.22. The van der Waals surface area contributed by atoms with Gasteiger partial charge in [-0.25, -0.2) is 8.42 Å². The van der Waals surface area contributed by atoms with E-state index in [1.165, 1.54) is 11.1 Å². The fourth-order valence-corrected chi connectivity index (χ4v) is 3.78. The van der Waals surface area contributed by atoms with Crippen molar-refractivity contribution in [1.29, 1.82) is 0 Å². The average Bonchev–Trinajstić information content (AvgIpc) is 2.74. The monoisotopic (exact) mass is 253 g/mol. The summed E-state index contributed by atoms with van der Waals surface area (Å²) < 4.78 is 24.6. The Morgan fingerprint density at radius 3 is 2.47 bits per heavy atom. The van der Waals surface area contributed by atoms with E-state index >= 15 is 0 Å². The van der Waals surface area contributed by atoms with Crippen LogP contribution in [0.25, 0.3) is 0 Å². The molecule has 2 rings (SSSR count). The van der Waals surface area contributed by atoms with Gasteiger partial charge in [-0.15, -0.1) is 0 Å². The van der Waals surface area contributed by atoms with Crippen LogP contribution in [-0.2, 0) is 22.7 Å². The van der Waals surface area contributed by atoms with Gasteiger partial charge in [0.2, 0.25) is 0 Å². The fraction of sp³-hybridized carbons (Fsp3) is 0.538. The van der Waals surface area contributed by atoms with E-state index in [-0.39, 0.29) is 6.04 Å². The number of aryl methyl sites for hydroxylation is 2. The van der Waals surface area contributed by atoms with Crippen LogP contribution in [-0.4, -0.2) is 19.7 Å². The van der Waals surface area contributed by atoms with Gasteiger partial charge in [0.1, 0.15) is 0 Å². The first kappa shape index (κ1) is 12.6. The van der Waals surface area contributed by atoms with Crippen LogP contribution in [0.2, 0.25) is 0 Å². The lowest BCUT2D eigenvalue weighted by Crippen LogP contribution is -2.35. The van der Waals surface area contributed by atoms with Gasteiger partial charge >= 0.3 is 0 Å². The molecule has 0 aliphatic heterocycles. The standard InChI is InChI=1S/C13H19NO2S/c1-9(14)10(2)17(15,16)13-7-6-11-4-3-5-12(11)8-13/h6-10H,3-5,14H2,1-2H3. The van der Waals surface area contributed by atoms with Crippen LogP contribution in [0.5, 0.6) is 0 Å². The van der Waals surface area contributed by atoms with Crippen molar-refractivity contribution in [3.63, 3.8) is 0 Å². The van der Waals surface area contributed by atoms with Gasteiger partial charge in [-0.2, -0.15) is 0 Å². The largest absolute Gasteiger partial charge is 0.327 e. The van der Waals surface area contributed by atoms with Crippen molar-refractivity contribution in [2.45, 2.75) is 49.3 Å². The highest BCUT2D eigenvalue weighted by Crippen LogP contribution is 2.26. The molecule has 0 amide bonds. The second kappa shape index (κ2) is 4.42. The van der Waals surface area contributed by atoms with Gasteiger partial charge in [0.25, 0.3) is 0 Å². The maximum Gasteiger partial charge on any atom is 0.182 e. The minimum Gasteiger partial charge on any atom is -0.327 e. The summed E-state index contributed by atoms with van der Waals surface area (Å²) in [4.78, 5) is 0.419. The third-order valence-electron chi connectivity index (χ3n) is 3.63. The third kappa shape index (κ3) is 2.24. The molecule has 1 aliphatic carbocycles. The van der Waals surface area contributed by atoms with E-state index in [1.54, 1.807) is 19.9 Å². The number of hydrogen-bond donors (Lipinski definition) is 1. The van der Waals surface area contributed by atoms with Crippen molar-refractivity contribution in [2.24, 2.45) is 5.73 Å². The number of benzene rings is 1. The normalized spacial score (nSPS) is 18.8. The highest BCUT2D eigenvalue weighted by atomic mass is 32.2. The van der Waals surface area contributed by atoms with Crippen molar-refractivity contribution < 1.29 is 8.42 Å². The van der Waals surface area contributed by atoms with Gasteiger partial charge in [-0.3, -0.25) is 0 Å². The van der Waals surface area contributed by atoms with Crippen LogP contribution in [0, 0.1) is 0 Å². The van der Waals surface area contributed by atoms with E-state index in [0.717, 1.165) is 19.3 Å². The summed E-state index contributed by atoms with van der Waals surface area (Å²) in [6, 6.07) is 5.14. The van der Waals surface area contributed by atoms with Crippen molar-refractivity contribution in [3.05, 3.63) is 29.3 Å². The Kier molecular flexibility index (Phi) is 3.27. The smallest absolute Gasteiger partial charge is 0.182 e. The lowest BCUT2D eigenvalue weighted by molar-refractivity contribution is 0.568. The predicted molar refractivity (Wildman–Crippen MR) is 68.8 cm³/mol. The molecule has 2 unspecified atom stereocenters. The zero-order valence-electron chi connectivity index (χ0n) is 10.3. The van der Waals surface area contributed by atoms with Gasteiger partial charge in [0.15, 0.2) is 9.84 Å². The van der Waals surface area contributed by atoms with Crippen LogP contribution < -0.4 is 5.73 Å². The molecule has 2 N–H and O–H groups in total. The van der Waals surface area contributed by atoms with Crippen LogP contribution in [0.1, 0.15) is 31.4 Å². The number of nitrogens with two attached hydrogens (primary N) is 1. The second-order valence-electron chi connectivity index (χ2n) is 4.89. The maximum atomic E-state index is 12.3. The van der Waals surface area contributed by atoms with E-state index in [1.807, 2.05) is 12.1 Å². The van der Waals surface area contributed by atoms with E-state index in [0.29, 0.717) is 4.90 Å². The minimum atomic E-state index is -3.28. The molecule has 0 saturated heterocycles. The Bertz CT molecular complexity index is 520. The maximum absolute atomic E-state index is 12.3. The van der Waals surface area contributed by atoms with E-state index in [2.05, 4.69) is 0 Å². The van der Waals surface area contributed by atoms with Crippen LogP contribution in [0.3, 0.4) is 0 Å². The molecule has 0 radical (unpaired) electrons. The highest BCUT2D eigenvalue weighted by molar-refractivity contribution is 7.92. The Hall–Kier alpha value is -0.870. The summed E-state index contributed by atoms with van der Waals surface area (Å²) >= 11 is 0. The number of hydrogen-bond acceptors (Lipinski definition) is 3. The average molecular weight is 253 g/mol. The van der Waals surface area contributed by atoms with E-state index in [9.17, 15) is 8.42 Å². The molecule has 0 spiro atoms. The molecule has 0 bridgehead atoms. The Balaban J connectivity index is 2.41. The second-order valence-corrected chi connectivity index (χ2v) is 7.20. The molecule has 0 fully saturated rings. The third-order valence-corrected chi connectivity index (χ3v) is 5.95. The summed E-state index contributed by atoms with van der Waals surface area (Å²) in [5.74, 6) is 0. The molecule has 1 aromatic rings. The van der Waals surface area contributed by atoms with Gasteiger partial charge in [0, 0.05) is 6.04 Å². The van der Waals surface area contributed by atoms with Crippen LogP contribution in [0.15, 0.2) is 23.1 Å². The zero-order valence-corrected chi connectivity index (χ0v) is 11.1. The molecule has 1 aliphatic rings. The molecular formula is C13H19NO2S. The number of rotatable bonds is 3. The van der Waals surface area contributed by atoms with Crippen LogP contribution in [0.4, 0.5) is 0 Å². The van der Waals surface area contributed by atoms with E-state index in [4.69, 9.17) is 5.73 Å². The first-order chi connectivity index (χ1) is 7.93. The van der Waals surface area contributed by atoms with Crippen molar-refractivity contribution in [3.8, 4) is 0 Å². The van der Waals surface area contributed by atoms with E-state index < -0.39 is 15.1 Å². The number of sulfone groups is 1. The first-order valence-electron chi connectivity index (χ1n) is 6.04. The molecule has 1 aromatic carbocycles. The molecule has 0 heterocycles. The quantitative estimate of drug-likeness (QED) is 0.891. The first-order valence-corrected chi connectivity index (χ1v) is 7.59. The number of fused-ring (bicyclic) bond motifs is 1. The molecule has 2 atom stereocenters. The molecule has 0 aromatic heterocycles. The van der Waals surface area contributed by atoms with Gasteiger partial charge in [0.05, 0.1) is 10.1 Å². The lowest BCUT2D eigenvalue weighted by Gasteiger charge is -2.17. The molecule has 94 valence electrons. The molecule has 4 heteroatoms. The zero-order chi connectivity index (χ0) is 12.6. The van der Waals surface area contributed by atoms with Crippen molar-refractivity contribution in [2.75, 3.05) is 0 Å². The topological polar surface area (TPSA) is 60.2 Å². The lowest BCUT2D eigenvalue weighted by atomic mass is 10.1. The summed E-state index contributed by atoms with van der Waals surface area (Å²) in [5.41, 5.74) is 8.17. The van der Waals surface area contributed by atoms with Gasteiger partial charge in [-0.1, -0.05) is 6.07 Å². The summed E-state index contributed by atoms with van der Waals surface area (Å²) in [7, 11) is -3.28. The van der Waals surface area contributed by atoms with Gasteiger partial charge < -0.3 is 5.73 Å². The Labute approximate surface area is 103 Å². The summed E-state index contributed by atoms with van der Waals surface area (Å²) in [5, 5.41) is -0.540. The van der Waals surface area contributed by atoms with Gasteiger partial charge in [-0.05, 0) is 56.4 Å². The SMILES string of the molecule is CC(N)C(C)S(=O)(=O)c1ccc2c(c1)CCC2. The summed E-state index contributed by atoms with van der Waals surface area (Å²) in [6.07, 6.45) is 3.19. The molecule has 0 saturated carbocycles. The highest BCUT2D eigenvalue weighted by Gasteiger charge is 2.27.